The van der Waals surface area contributed by atoms with Gasteiger partial charge in [0.1, 0.15) is 0 Å². The van der Waals surface area contributed by atoms with Crippen LogP contribution in [0.15, 0.2) is 18.2 Å². The predicted molar refractivity (Wildman–Crippen MR) is 71.0 cm³/mol. The van der Waals surface area contributed by atoms with Crippen LogP contribution >= 0.6 is 0 Å². The summed E-state index contributed by atoms with van der Waals surface area (Å²) in [5, 5.41) is 8.93. The summed E-state index contributed by atoms with van der Waals surface area (Å²) in [6.45, 7) is 3.26. The number of alkyl halides is 3. The Morgan fingerprint density at radius 1 is 1.25 bits per heavy atom. The summed E-state index contributed by atoms with van der Waals surface area (Å²) in [5.41, 5.74) is -0.701. The monoisotopic (exact) mass is 289 g/mol. The molecule has 0 spiro atoms. The van der Waals surface area contributed by atoms with Gasteiger partial charge in [-0.2, -0.15) is 13.2 Å². The first kappa shape index (κ1) is 16.3. The van der Waals surface area contributed by atoms with Gasteiger partial charge in [-0.25, -0.2) is 0 Å². The molecular weight excluding hydrogens is 271 g/mol. The minimum atomic E-state index is -4.45. The Morgan fingerprint density at radius 3 is 2.20 bits per heavy atom. The van der Waals surface area contributed by atoms with Gasteiger partial charge in [0.2, 0.25) is 0 Å². The SMILES string of the molecule is CN(C)c1ccc(C(F)(F)F)cc1C(C)(C)CC(=O)O. The minimum absolute atomic E-state index is 0.241. The number of nitrogens with zero attached hydrogens (tertiary/aromatic N) is 1. The Bertz CT molecular complexity index is 508. The standard InChI is InChI=1S/C14H18F3NO2/c1-13(2,8-12(19)20)10-7-9(14(15,16)17)5-6-11(10)18(3)4/h5-7H,8H2,1-4H3,(H,19,20). The van der Waals surface area contributed by atoms with E-state index in [4.69, 9.17) is 5.11 Å². The molecule has 0 radical (unpaired) electrons. The molecule has 0 aliphatic heterocycles. The van der Waals surface area contributed by atoms with Gasteiger partial charge in [0.15, 0.2) is 0 Å². The first-order valence-corrected chi connectivity index (χ1v) is 6.06. The molecule has 0 aliphatic rings. The molecule has 20 heavy (non-hydrogen) atoms. The van der Waals surface area contributed by atoms with Crippen LogP contribution in [0.1, 0.15) is 31.4 Å². The van der Waals surface area contributed by atoms with Crippen molar-refractivity contribution in [2.24, 2.45) is 0 Å². The predicted octanol–water partition coefficient (Wildman–Crippen LogP) is 3.52. The highest BCUT2D eigenvalue weighted by molar-refractivity contribution is 5.70. The van der Waals surface area contributed by atoms with Gasteiger partial charge in [-0.05, 0) is 23.8 Å². The molecule has 1 aromatic rings. The molecule has 0 fully saturated rings. The number of rotatable bonds is 4. The van der Waals surface area contributed by atoms with Crippen LogP contribution in [0.2, 0.25) is 0 Å². The van der Waals surface area contributed by atoms with Gasteiger partial charge in [0.25, 0.3) is 0 Å². The van der Waals surface area contributed by atoms with E-state index in [9.17, 15) is 18.0 Å². The summed E-state index contributed by atoms with van der Waals surface area (Å²) in [4.78, 5) is 12.6. The Kier molecular flexibility index (Phi) is 4.36. The van der Waals surface area contributed by atoms with E-state index in [0.29, 0.717) is 11.3 Å². The summed E-state index contributed by atoms with van der Waals surface area (Å²) in [6.07, 6.45) is -4.69. The van der Waals surface area contributed by atoms with E-state index in [1.54, 1.807) is 32.8 Å². The van der Waals surface area contributed by atoms with Crippen LogP contribution < -0.4 is 4.90 Å². The quantitative estimate of drug-likeness (QED) is 0.922. The lowest BCUT2D eigenvalue weighted by Crippen LogP contribution is -2.26. The Morgan fingerprint density at radius 2 is 1.80 bits per heavy atom. The van der Waals surface area contributed by atoms with Gasteiger partial charge in [0.05, 0.1) is 12.0 Å². The number of anilines is 1. The smallest absolute Gasteiger partial charge is 0.416 e. The number of carboxylic acid groups (broad SMARTS) is 1. The Balaban J connectivity index is 3.43. The van der Waals surface area contributed by atoms with Gasteiger partial charge in [-0.1, -0.05) is 13.8 Å². The summed E-state index contributed by atoms with van der Waals surface area (Å²) < 4.78 is 38.5. The third-order valence-electron chi connectivity index (χ3n) is 3.13. The fraction of sp³-hybridized carbons (Fsp3) is 0.500. The maximum atomic E-state index is 12.8. The topological polar surface area (TPSA) is 40.5 Å². The minimum Gasteiger partial charge on any atom is -0.481 e. The summed E-state index contributed by atoms with van der Waals surface area (Å²) in [6, 6.07) is 3.43. The lowest BCUT2D eigenvalue weighted by molar-refractivity contribution is -0.138. The van der Waals surface area contributed by atoms with Crippen molar-refractivity contribution in [3.63, 3.8) is 0 Å². The zero-order chi connectivity index (χ0) is 15.7. The molecule has 3 nitrogen and oxygen atoms in total. The zero-order valence-corrected chi connectivity index (χ0v) is 11.9. The van der Waals surface area contributed by atoms with Crippen molar-refractivity contribution < 1.29 is 23.1 Å². The number of aliphatic carboxylic acids is 1. The highest BCUT2D eigenvalue weighted by Gasteiger charge is 2.34. The number of halogens is 3. The van der Waals surface area contributed by atoms with Crippen molar-refractivity contribution in [3.05, 3.63) is 29.3 Å². The van der Waals surface area contributed by atoms with Crippen molar-refractivity contribution in [2.45, 2.75) is 31.9 Å². The van der Waals surface area contributed by atoms with E-state index in [1.807, 2.05) is 0 Å². The van der Waals surface area contributed by atoms with Crippen LogP contribution in [0, 0.1) is 0 Å². The summed E-state index contributed by atoms with van der Waals surface area (Å²) in [5.74, 6) is -1.04. The van der Waals surface area contributed by atoms with Gasteiger partial charge in [-0.15, -0.1) is 0 Å². The van der Waals surface area contributed by atoms with Crippen LogP contribution in [-0.2, 0) is 16.4 Å². The molecule has 6 heteroatoms. The first-order valence-electron chi connectivity index (χ1n) is 6.06. The highest BCUT2D eigenvalue weighted by Crippen LogP contribution is 2.39. The number of hydrogen-bond donors (Lipinski definition) is 1. The summed E-state index contributed by atoms with van der Waals surface area (Å²) >= 11 is 0. The molecule has 0 atom stereocenters. The lowest BCUT2D eigenvalue weighted by Gasteiger charge is -2.29. The van der Waals surface area contributed by atoms with E-state index >= 15 is 0 Å². The van der Waals surface area contributed by atoms with Crippen molar-refractivity contribution >= 4 is 11.7 Å². The summed E-state index contributed by atoms with van der Waals surface area (Å²) in [7, 11) is 3.42. The van der Waals surface area contributed by atoms with Gasteiger partial charge in [0, 0.05) is 25.2 Å². The number of carboxylic acids is 1. The highest BCUT2D eigenvalue weighted by atomic mass is 19.4. The van der Waals surface area contributed by atoms with E-state index in [1.165, 1.54) is 6.07 Å². The molecule has 0 aromatic heterocycles. The van der Waals surface area contributed by atoms with Crippen LogP contribution in [0.3, 0.4) is 0 Å². The van der Waals surface area contributed by atoms with E-state index in [-0.39, 0.29) is 6.42 Å². The first-order chi connectivity index (χ1) is 8.95. The largest absolute Gasteiger partial charge is 0.481 e. The maximum Gasteiger partial charge on any atom is 0.416 e. The van der Waals surface area contributed by atoms with Crippen molar-refractivity contribution in [3.8, 4) is 0 Å². The van der Waals surface area contributed by atoms with E-state index in [2.05, 4.69) is 0 Å². The molecule has 112 valence electrons. The molecule has 0 unspecified atom stereocenters. The molecule has 0 heterocycles. The maximum absolute atomic E-state index is 12.8. The van der Waals surface area contributed by atoms with Gasteiger partial charge in [-0.3, -0.25) is 4.79 Å². The molecule has 0 saturated carbocycles. The number of hydrogen-bond acceptors (Lipinski definition) is 2. The fourth-order valence-electron chi connectivity index (χ4n) is 2.12. The molecule has 1 rings (SSSR count). The number of carbonyl (C=O) groups is 1. The third kappa shape index (κ3) is 3.65. The third-order valence-corrected chi connectivity index (χ3v) is 3.13. The lowest BCUT2D eigenvalue weighted by atomic mass is 9.79. The van der Waals surface area contributed by atoms with Crippen LogP contribution in [0.4, 0.5) is 18.9 Å². The van der Waals surface area contributed by atoms with Crippen LogP contribution in [0.5, 0.6) is 0 Å². The number of benzene rings is 1. The second-order valence-corrected chi connectivity index (χ2v) is 5.58. The van der Waals surface area contributed by atoms with Crippen molar-refractivity contribution in [2.75, 3.05) is 19.0 Å². The second-order valence-electron chi connectivity index (χ2n) is 5.58. The normalized spacial score (nSPS) is 12.3. The van der Waals surface area contributed by atoms with Gasteiger partial charge < -0.3 is 10.0 Å². The Hall–Kier alpha value is -1.72. The second kappa shape index (κ2) is 5.34. The van der Waals surface area contributed by atoms with Crippen LogP contribution in [0.25, 0.3) is 0 Å². The van der Waals surface area contributed by atoms with E-state index < -0.39 is 23.1 Å². The molecule has 0 bridgehead atoms. The van der Waals surface area contributed by atoms with Crippen molar-refractivity contribution in [1.29, 1.82) is 0 Å². The fourth-order valence-corrected chi connectivity index (χ4v) is 2.12. The van der Waals surface area contributed by atoms with Crippen LogP contribution in [-0.4, -0.2) is 25.2 Å². The molecule has 1 N–H and O–H groups in total. The molecule has 1 aromatic carbocycles. The molecule has 0 aliphatic carbocycles. The zero-order valence-electron chi connectivity index (χ0n) is 11.9. The molecule has 0 saturated heterocycles. The molecule has 0 amide bonds. The van der Waals surface area contributed by atoms with Gasteiger partial charge >= 0.3 is 12.1 Å². The van der Waals surface area contributed by atoms with Crippen molar-refractivity contribution in [1.82, 2.24) is 0 Å². The average molecular weight is 289 g/mol. The van der Waals surface area contributed by atoms with E-state index in [0.717, 1.165) is 12.1 Å². The Labute approximate surface area is 116 Å². The molecular formula is C14H18F3NO2. The average Bonchev–Trinajstić information content (AvgIpc) is 2.25.